The molecular weight excluding hydrogens is 424 g/mol. The third kappa shape index (κ3) is 4.12. The van der Waals surface area contributed by atoms with Crippen molar-refractivity contribution in [2.24, 2.45) is 0 Å². The van der Waals surface area contributed by atoms with Gasteiger partial charge in [-0.1, -0.05) is 59.6 Å². The van der Waals surface area contributed by atoms with Gasteiger partial charge in [-0.05, 0) is 49.2 Å². The summed E-state index contributed by atoms with van der Waals surface area (Å²) in [5.41, 5.74) is 4.77. The van der Waals surface area contributed by atoms with Gasteiger partial charge in [-0.15, -0.1) is 0 Å². The van der Waals surface area contributed by atoms with Gasteiger partial charge >= 0.3 is 0 Å². The first kappa shape index (κ1) is 21.7. The largest absolute Gasteiger partial charge is 0.496 e. The van der Waals surface area contributed by atoms with Gasteiger partial charge in [0.1, 0.15) is 11.4 Å². The molecule has 1 aliphatic heterocycles. The number of carbonyl (C=O) groups is 2. The smallest absolute Gasteiger partial charge is 0.278 e. The zero-order valence-electron chi connectivity index (χ0n) is 18.1. The highest BCUT2D eigenvalue weighted by Crippen LogP contribution is 2.36. The summed E-state index contributed by atoms with van der Waals surface area (Å²) in [5.74, 6) is -0.232. The summed E-state index contributed by atoms with van der Waals surface area (Å²) in [6.45, 7) is 4.12. The summed E-state index contributed by atoms with van der Waals surface area (Å²) in [6.07, 6.45) is 0. The fourth-order valence-electron chi connectivity index (χ4n) is 3.80. The number of benzene rings is 3. The SMILES string of the molecule is COc1ccccc1C1=C(Nc2ccc(C)cc2C)C(=O)N(Cc2ccc(Cl)cc2)C1=O. The zero-order valence-corrected chi connectivity index (χ0v) is 18.9. The monoisotopic (exact) mass is 446 g/mol. The molecule has 0 saturated heterocycles. The van der Waals surface area contributed by atoms with Crippen LogP contribution in [0.3, 0.4) is 0 Å². The number of para-hydroxylation sites is 1. The number of rotatable bonds is 6. The number of imide groups is 1. The third-order valence-electron chi connectivity index (χ3n) is 5.44. The summed E-state index contributed by atoms with van der Waals surface area (Å²) in [6, 6.07) is 20.2. The van der Waals surface area contributed by atoms with Crippen molar-refractivity contribution in [3.05, 3.63) is 99.7 Å². The van der Waals surface area contributed by atoms with Crippen molar-refractivity contribution in [2.45, 2.75) is 20.4 Å². The lowest BCUT2D eigenvalue weighted by Gasteiger charge is -2.16. The quantitative estimate of drug-likeness (QED) is 0.518. The molecule has 2 amide bonds. The predicted octanol–water partition coefficient (Wildman–Crippen LogP) is 5.36. The van der Waals surface area contributed by atoms with Crippen molar-refractivity contribution in [1.82, 2.24) is 4.90 Å². The Morgan fingerprint density at radius 2 is 1.66 bits per heavy atom. The van der Waals surface area contributed by atoms with Gasteiger partial charge in [0.2, 0.25) is 0 Å². The first-order valence-corrected chi connectivity index (χ1v) is 10.6. The van der Waals surface area contributed by atoms with Crippen LogP contribution in [0.4, 0.5) is 5.69 Å². The van der Waals surface area contributed by atoms with Crippen LogP contribution < -0.4 is 10.1 Å². The summed E-state index contributed by atoms with van der Waals surface area (Å²) >= 11 is 5.98. The topological polar surface area (TPSA) is 58.6 Å². The number of hydrogen-bond acceptors (Lipinski definition) is 4. The van der Waals surface area contributed by atoms with Crippen molar-refractivity contribution in [2.75, 3.05) is 12.4 Å². The molecule has 5 nitrogen and oxygen atoms in total. The Bertz CT molecular complexity index is 1230. The van der Waals surface area contributed by atoms with E-state index in [2.05, 4.69) is 5.32 Å². The Hall–Kier alpha value is -3.57. The molecule has 0 atom stereocenters. The second-order valence-corrected chi connectivity index (χ2v) is 8.15. The van der Waals surface area contributed by atoms with Crippen molar-refractivity contribution in [1.29, 1.82) is 0 Å². The second kappa shape index (κ2) is 8.89. The van der Waals surface area contributed by atoms with Gasteiger partial charge in [0.15, 0.2) is 0 Å². The first-order valence-electron chi connectivity index (χ1n) is 10.2. The fourth-order valence-corrected chi connectivity index (χ4v) is 3.92. The van der Waals surface area contributed by atoms with Crippen LogP contribution in [0.25, 0.3) is 5.57 Å². The minimum atomic E-state index is -0.383. The van der Waals surface area contributed by atoms with Gasteiger partial charge in [-0.25, -0.2) is 0 Å². The highest BCUT2D eigenvalue weighted by molar-refractivity contribution is 6.37. The van der Waals surface area contributed by atoms with Crippen molar-refractivity contribution in [3.8, 4) is 5.75 Å². The Labute approximate surface area is 192 Å². The molecule has 6 heteroatoms. The van der Waals surface area contributed by atoms with Gasteiger partial charge in [-0.2, -0.15) is 0 Å². The van der Waals surface area contributed by atoms with E-state index in [0.717, 1.165) is 22.4 Å². The van der Waals surface area contributed by atoms with Crippen molar-refractivity contribution < 1.29 is 14.3 Å². The maximum atomic E-state index is 13.5. The molecule has 3 aromatic rings. The Balaban J connectivity index is 1.79. The van der Waals surface area contributed by atoms with Crippen molar-refractivity contribution in [3.63, 3.8) is 0 Å². The normalized spacial score (nSPS) is 13.7. The molecule has 3 aromatic carbocycles. The molecule has 0 saturated carbocycles. The molecule has 0 bridgehead atoms. The molecule has 0 radical (unpaired) electrons. The van der Waals surface area contributed by atoms with Gasteiger partial charge in [0.05, 0.1) is 19.2 Å². The molecule has 1 aliphatic rings. The van der Waals surface area contributed by atoms with E-state index in [1.165, 1.54) is 4.90 Å². The molecule has 32 heavy (non-hydrogen) atoms. The van der Waals surface area contributed by atoms with E-state index >= 15 is 0 Å². The summed E-state index contributed by atoms with van der Waals surface area (Å²) in [4.78, 5) is 28.2. The highest BCUT2D eigenvalue weighted by atomic mass is 35.5. The second-order valence-electron chi connectivity index (χ2n) is 7.72. The molecular formula is C26H23ClN2O3. The number of halogens is 1. The lowest BCUT2D eigenvalue weighted by atomic mass is 10.0. The molecule has 0 aromatic heterocycles. The van der Waals surface area contributed by atoms with Crippen LogP contribution in [-0.4, -0.2) is 23.8 Å². The lowest BCUT2D eigenvalue weighted by Crippen LogP contribution is -2.32. The number of amides is 2. The molecule has 0 spiro atoms. The first-order chi connectivity index (χ1) is 15.4. The minimum Gasteiger partial charge on any atom is -0.496 e. The Morgan fingerprint density at radius 1 is 0.938 bits per heavy atom. The van der Waals surface area contributed by atoms with Crippen molar-refractivity contribution >= 4 is 34.7 Å². The molecule has 162 valence electrons. The van der Waals surface area contributed by atoms with Gasteiger partial charge < -0.3 is 10.1 Å². The number of ether oxygens (including phenoxy) is 1. The summed E-state index contributed by atoms with van der Waals surface area (Å²) in [7, 11) is 1.54. The number of carbonyl (C=O) groups excluding carboxylic acids is 2. The van der Waals surface area contributed by atoms with Crippen LogP contribution in [0.15, 0.2) is 72.4 Å². The highest BCUT2D eigenvalue weighted by Gasteiger charge is 2.40. The number of anilines is 1. The zero-order chi connectivity index (χ0) is 22.8. The number of methoxy groups -OCH3 is 1. The number of nitrogens with zero attached hydrogens (tertiary/aromatic N) is 1. The van der Waals surface area contributed by atoms with E-state index in [4.69, 9.17) is 16.3 Å². The maximum absolute atomic E-state index is 13.5. The number of nitrogens with one attached hydrogen (secondary N) is 1. The van der Waals surface area contributed by atoms with E-state index in [9.17, 15) is 9.59 Å². The van der Waals surface area contributed by atoms with Gasteiger partial charge in [-0.3, -0.25) is 14.5 Å². The van der Waals surface area contributed by atoms with Crippen LogP contribution in [0.2, 0.25) is 5.02 Å². The number of hydrogen-bond donors (Lipinski definition) is 1. The summed E-state index contributed by atoms with van der Waals surface area (Å²) < 4.78 is 5.49. The van der Waals surface area contributed by atoms with Gasteiger partial charge in [0, 0.05) is 16.3 Å². The molecule has 1 N–H and O–H groups in total. The molecule has 4 rings (SSSR count). The average Bonchev–Trinajstić information content (AvgIpc) is 3.01. The minimum absolute atomic E-state index is 0.144. The van der Waals surface area contributed by atoms with E-state index in [1.807, 2.05) is 44.2 Å². The van der Waals surface area contributed by atoms with Crippen LogP contribution in [0.5, 0.6) is 5.75 Å². The van der Waals surface area contributed by atoms with Crippen LogP contribution in [-0.2, 0) is 16.1 Å². The number of aryl methyl sites for hydroxylation is 2. The van der Waals surface area contributed by atoms with E-state index in [0.29, 0.717) is 21.9 Å². The fraction of sp³-hybridized carbons (Fsp3) is 0.154. The standard InChI is InChI=1S/C26H23ClN2O3/c1-16-8-13-21(17(2)14-16)28-24-23(20-6-4-5-7-22(20)32-3)25(30)29(26(24)31)15-18-9-11-19(27)12-10-18/h4-14,28H,15H2,1-3H3. The van der Waals surface area contributed by atoms with Crippen LogP contribution >= 0.6 is 11.6 Å². The maximum Gasteiger partial charge on any atom is 0.278 e. The predicted molar refractivity (Wildman–Crippen MR) is 126 cm³/mol. The Morgan fingerprint density at radius 3 is 2.34 bits per heavy atom. The van der Waals surface area contributed by atoms with E-state index in [-0.39, 0.29) is 24.1 Å². The molecule has 0 unspecified atom stereocenters. The molecule has 0 aliphatic carbocycles. The van der Waals surface area contributed by atoms with E-state index in [1.54, 1.807) is 43.5 Å². The average molecular weight is 447 g/mol. The van der Waals surface area contributed by atoms with Gasteiger partial charge in [0.25, 0.3) is 11.8 Å². The molecule has 1 heterocycles. The van der Waals surface area contributed by atoms with Crippen LogP contribution in [0, 0.1) is 13.8 Å². The summed E-state index contributed by atoms with van der Waals surface area (Å²) in [5, 5.41) is 3.83. The lowest BCUT2D eigenvalue weighted by molar-refractivity contribution is -0.137. The molecule has 0 fully saturated rings. The third-order valence-corrected chi connectivity index (χ3v) is 5.69. The van der Waals surface area contributed by atoms with E-state index < -0.39 is 0 Å². The Kier molecular flexibility index (Phi) is 6.01. The van der Waals surface area contributed by atoms with Crippen LogP contribution in [0.1, 0.15) is 22.3 Å².